The molecule has 5 nitrogen and oxygen atoms in total. The van der Waals surface area contributed by atoms with Gasteiger partial charge in [-0.3, -0.25) is 4.79 Å². The molecule has 1 amide bonds. The molecule has 0 bridgehead atoms. The number of hydrogen-bond donors (Lipinski definition) is 2. The molecule has 0 aliphatic carbocycles. The molecule has 0 aromatic heterocycles. The number of nitrogens with one attached hydrogen (secondary N) is 2. The highest BCUT2D eigenvalue weighted by atomic mass is 16.5. The molecule has 1 heterocycles. The van der Waals surface area contributed by atoms with Crippen molar-refractivity contribution in [3.63, 3.8) is 0 Å². The van der Waals surface area contributed by atoms with Crippen LogP contribution in [-0.4, -0.2) is 44.6 Å². The lowest BCUT2D eigenvalue weighted by Crippen LogP contribution is -2.34. The molecule has 2 aromatic carbocycles. The van der Waals surface area contributed by atoms with E-state index >= 15 is 0 Å². The zero-order chi connectivity index (χ0) is 19.1. The lowest BCUT2D eigenvalue weighted by molar-refractivity contribution is 0.102. The fourth-order valence-electron chi connectivity index (χ4n) is 3.39. The number of rotatable bonds is 7. The Labute approximate surface area is 161 Å². The van der Waals surface area contributed by atoms with Crippen LogP contribution in [0, 0.1) is 5.92 Å². The van der Waals surface area contributed by atoms with Gasteiger partial charge in [-0.2, -0.15) is 0 Å². The van der Waals surface area contributed by atoms with Gasteiger partial charge >= 0.3 is 0 Å². The SMILES string of the molecule is COc1ccc(C(=O)Nc2cccc(CNCC3CCN(C)CC3)c2)cc1. The van der Waals surface area contributed by atoms with E-state index in [0.717, 1.165) is 30.4 Å². The molecule has 0 spiro atoms. The summed E-state index contributed by atoms with van der Waals surface area (Å²) < 4.78 is 5.13. The van der Waals surface area contributed by atoms with E-state index in [-0.39, 0.29) is 5.91 Å². The Bertz CT molecular complexity index is 737. The topological polar surface area (TPSA) is 53.6 Å². The number of benzene rings is 2. The minimum absolute atomic E-state index is 0.117. The fraction of sp³-hybridized carbons (Fsp3) is 0.409. The van der Waals surface area contributed by atoms with E-state index in [1.807, 2.05) is 18.2 Å². The molecular weight excluding hydrogens is 338 g/mol. The lowest BCUT2D eigenvalue weighted by Gasteiger charge is -2.29. The molecule has 27 heavy (non-hydrogen) atoms. The lowest BCUT2D eigenvalue weighted by atomic mass is 9.97. The van der Waals surface area contributed by atoms with Crippen LogP contribution in [0.15, 0.2) is 48.5 Å². The van der Waals surface area contributed by atoms with Crippen LogP contribution in [0.2, 0.25) is 0 Å². The summed E-state index contributed by atoms with van der Waals surface area (Å²) in [6.45, 7) is 4.26. The smallest absolute Gasteiger partial charge is 0.255 e. The van der Waals surface area contributed by atoms with E-state index in [4.69, 9.17) is 4.74 Å². The normalized spacial score (nSPS) is 15.5. The Kier molecular flexibility index (Phi) is 6.85. The molecule has 0 unspecified atom stereocenters. The summed E-state index contributed by atoms with van der Waals surface area (Å²) in [5.74, 6) is 1.39. The van der Waals surface area contributed by atoms with Crippen molar-refractivity contribution in [1.29, 1.82) is 0 Å². The van der Waals surface area contributed by atoms with Crippen LogP contribution in [-0.2, 0) is 6.54 Å². The number of carbonyl (C=O) groups is 1. The number of methoxy groups -OCH3 is 1. The first-order chi connectivity index (χ1) is 13.1. The number of nitrogens with zero attached hydrogens (tertiary/aromatic N) is 1. The number of ether oxygens (including phenoxy) is 1. The van der Waals surface area contributed by atoms with Crippen LogP contribution in [0.25, 0.3) is 0 Å². The standard InChI is InChI=1S/C22H29N3O2/c1-25-12-10-17(11-13-25)15-23-16-18-4-3-5-20(14-18)24-22(26)19-6-8-21(27-2)9-7-19/h3-9,14,17,23H,10-13,15-16H2,1-2H3,(H,24,26). The van der Waals surface area contributed by atoms with Gasteiger partial charge in [-0.25, -0.2) is 0 Å². The minimum atomic E-state index is -0.117. The minimum Gasteiger partial charge on any atom is -0.497 e. The van der Waals surface area contributed by atoms with Gasteiger partial charge in [-0.1, -0.05) is 12.1 Å². The van der Waals surface area contributed by atoms with Crippen molar-refractivity contribution in [2.75, 3.05) is 39.1 Å². The first-order valence-electron chi connectivity index (χ1n) is 9.57. The Hall–Kier alpha value is -2.37. The van der Waals surface area contributed by atoms with E-state index in [2.05, 4.69) is 28.6 Å². The summed E-state index contributed by atoms with van der Waals surface area (Å²) in [5, 5.41) is 6.53. The zero-order valence-electron chi connectivity index (χ0n) is 16.2. The summed E-state index contributed by atoms with van der Waals surface area (Å²) in [4.78, 5) is 14.8. The summed E-state index contributed by atoms with van der Waals surface area (Å²) in [6.07, 6.45) is 2.53. The molecule has 1 aliphatic rings. The van der Waals surface area contributed by atoms with E-state index in [0.29, 0.717) is 5.56 Å². The van der Waals surface area contributed by atoms with Crippen molar-refractivity contribution >= 4 is 11.6 Å². The molecule has 0 radical (unpaired) electrons. The number of anilines is 1. The second kappa shape index (κ2) is 9.53. The van der Waals surface area contributed by atoms with E-state index in [1.165, 1.54) is 31.5 Å². The molecule has 2 N–H and O–H groups in total. The third-order valence-electron chi connectivity index (χ3n) is 5.14. The van der Waals surface area contributed by atoms with E-state index < -0.39 is 0 Å². The molecular formula is C22H29N3O2. The van der Waals surface area contributed by atoms with Gasteiger partial charge in [0.25, 0.3) is 5.91 Å². The van der Waals surface area contributed by atoms with Crippen LogP contribution in [0.4, 0.5) is 5.69 Å². The van der Waals surface area contributed by atoms with Gasteiger partial charge in [0.15, 0.2) is 0 Å². The van der Waals surface area contributed by atoms with Gasteiger partial charge in [0.05, 0.1) is 7.11 Å². The number of piperidine rings is 1. The highest BCUT2D eigenvalue weighted by molar-refractivity contribution is 6.04. The predicted octanol–water partition coefficient (Wildman–Crippen LogP) is 3.38. The van der Waals surface area contributed by atoms with Crippen LogP contribution in [0.1, 0.15) is 28.8 Å². The van der Waals surface area contributed by atoms with Crippen LogP contribution in [0.5, 0.6) is 5.75 Å². The summed E-state index contributed by atoms with van der Waals surface area (Å²) in [7, 11) is 3.80. The average Bonchev–Trinajstić information content (AvgIpc) is 2.70. The Morgan fingerprint density at radius 3 is 2.59 bits per heavy atom. The molecule has 0 saturated carbocycles. The second-order valence-electron chi connectivity index (χ2n) is 7.26. The van der Waals surface area contributed by atoms with Gasteiger partial charge in [-0.05, 0) is 87.4 Å². The van der Waals surface area contributed by atoms with E-state index in [9.17, 15) is 4.79 Å². The maximum atomic E-state index is 12.4. The third kappa shape index (κ3) is 5.81. The molecule has 5 heteroatoms. The monoisotopic (exact) mass is 367 g/mol. The largest absolute Gasteiger partial charge is 0.497 e. The van der Waals surface area contributed by atoms with E-state index in [1.54, 1.807) is 31.4 Å². The first-order valence-corrected chi connectivity index (χ1v) is 9.57. The average molecular weight is 367 g/mol. The van der Waals surface area contributed by atoms with Crippen molar-refractivity contribution < 1.29 is 9.53 Å². The molecule has 144 valence electrons. The number of hydrogen-bond acceptors (Lipinski definition) is 4. The summed E-state index contributed by atoms with van der Waals surface area (Å²) >= 11 is 0. The Morgan fingerprint density at radius 2 is 1.89 bits per heavy atom. The van der Waals surface area contributed by atoms with Gasteiger partial charge < -0.3 is 20.3 Å². The summed E-state index contributed by atoms with van der Waals surface area (Å²) in [6, 6.07) is 15.1. The maximum absolute atomic E-state index is 12.4. The predicted molar refractivity (Wildman–Crippen MR) is 109 cm³/mol. The third-order valence-corrected chi connectivity index (χ3v) is 5.14. The Balaban J connectivity index is 1.49. The van der Waals surface area contributed by atoms with Gasteiger partial charge in [0.1, 0.15) is 5.75 Å². The summed E-state index contributed by atoms with van der Waals surface area (Å²) in [5.41, 5.74) is 2.60. The van der Waals surface area contributed by atoms with Crippen molar-refractivity contribution in [3.05, 3.63) is 59.7 Å². The molecule has 0 atom stereocenters. The highest BCUT2D eigenvalue weighted by Gasteiger charge is 2.15. The molecule has 1 aliphatic heterocycles. The fourth-order valence-corrected chi connectivity index (χ4v) is 3.39. The van der Waals surface area contributed by atoms with Gasteiger partial charge in [0, 0.05) is 17.8 Å². The van der Waals surface area contributed by atoms with Gasteiger partial charge in [-0.15, -0.1) is 0 Å². The van der Waals surface area contributed by atoms with Gasteiger partial charge in [0.2, 0.25) is 0 Å². The highest BCUT2D eigenvalue weighted by Crippen LogP contribution is 2.17. The van der Waals surface area contributed by atoms with Crippen LogP contribution in [0.3, 0.4) is 0 Å². The molecule has 1 fully saturated rings. The number of amides is 1. The van der Waals surface area contributed by atoms with Crippen molar-refractivity contribution in [1.82, 2.24) is 10.2 Å². The van der Waals surface area contributed by atoms with Crippen LogP contribution < -0.4 is 15.4 Å². The molecule has 1 saturated heterocycles. The van der Waals surface area contributed by atoms with Crippen LogP contribution >= 0.6 is 0 Å². The second-order valence-corrected chi connectivity index (χ2v) is 7.26. The Morgan fingerprint density at radius 1 is 1.15 bits per heavy atom. The number of carbonyl (C=O) groups excluding carboxylic acids is 1. The van der Waals surface area contributed by atoms with Crippen molar-refractivity contribution in [2.45, 2.75) is 19.4 Å². The van der Waals surface area contributed by atoms with Crippen molar-refractivity contribution in [3.8, 4) is 5.75 Å². The zero-order valence-corrected chi connectivity index (χ0v) is 16.2. The maximum Gasteiger partial charge on any atom is 0.255 e. The molecule has 2 aromatic rings. The van der Waals surface area contributed by atoms with Crippen molar-refractivity contribution in [2.24, 2.45) is 5.92 Å². The quantitative estimate of drug-likeness (QED) is 0.788. The number of likely N-dealkylation sites (tertiary alicyclic amines) is 1. The molecule has 3 rings (SSSR count). The first kappa shape index (κ1) is 19.4.